The van der Waals surface area contributed by atoms with Gasteiger partial charge in [0.05, 0.1) is 13.0 Å². The lowest BCUT2D eigenvalue weighted by Gasteiger charge is -2.36. The lowest BCUT2D eigenvalue weighted by Crippen LogP contribution is -2.37. The second kappa shape index (κ2) is 9.54. The van der Waals surface area contributed by atoms with Crippen molar-refractivity contribution in [3.63, 3.8) is 0 Å². The van der Waals surface area contributed by atoms with E-state index in [0.29, 0.717) is 24.9 Å². The van der Waals surface area contributed by atoms with Gasteiger partial charge in [-0.2, -0.15) is 0 Å². The average Bonchev–Trinajstić information content (AvgIpc) is 2.69. The minimum absolute atomic E-state index is 0.0823. The number of likely N-dealkylation sites (tertiary alicyclic amines) is 1. The molecular formula is C23H29NO2. The van der Waals surface area contributed by atoms with Crippen LogP contribution in [0.5, 0.6) is 0 Å². The standard InChI is InChI=1S/C23H29NO2/c1-2-26-22(25)15-18-24-16-13-21(14-17-24)23(19-9-5-3-6-10-19)20-11-7-4-8-12-20/h3-12,21,23H,2,13-18H2,1H3. The number of piperidine rings is 1. The van der Waals surface area contributed by atoms with Gasteiger partial charge in [-0.1, -0.05) is 60.7 Å². The summed E-state index contributed by atoms with van der Waals surface area (Å²) < 4.78 is 5.04. The molecular weight excluding hydrogens is 322 g/mol. The van der Waals surface area contributed by atoms with Gasteiger partial charge in [-0.25, -0.2) is 0 Å². The van der Waals surface area contributed by atoms with Crippen molar-refractivity contribution in [2.75, 3.05) is 26.2 Å². The molecule has 0 amide bonds. The number of carbonyl (C=O) groups is 1. The number of carbonyl (C=O) groups excluding carboxylic acids is 1. The zero-order valence-electron chi connectivity index (χ0n) is 15.6. The highest BCUT2D eigenvalue weighted by molar-refractivity contribution is 5.69. The Balaban J connectivity index is 1.64. The van der Waals surface area contributed by atoms with Crippen molar-refractivity contribution in [2.45, 2.75) is 32.1 Å². The second-order valence-corrected chi connectivity index (χ2v) is 7.03. The van der Waals surface area contributed by atoms with Gasteiger partial charge in [0.2, 0.25) is 0 Å². The van der Waals surface area contributed by atoms with Crippen molar-refractivity contribution < 1.29 is 9.53 Å². The van der Waals surface area contributed by atoms with Gasteiger partial charge in [-0.05, 0) is 49.9 Å². The highest BCUT2D eigenvalue weighted by Crippen LogP contribution is 2.37. The highest BCUT2D eigenvalue weighted by atomic mass is 16.5. The number of ether oxygens (including phenoxy) is 1. The van der Waals surface area contributed by atoms with E-state index in [-0.39, 0.29) is 5.97 Å². The molecule has 0 N–H and O–H groups in total. The largest absolute Gasteiger partial charge is 0.466 e. The molecule has 1 fully saturated rings. The van der Waals surface area contributed by atoms with Gasteiger partial charge in [0.25, 0.3) is 0 Å². The first-order valence-electron chi connectivity index (χ1n) is 9.75. The lowest BCUT2D eigenvalue weighted by atomic mass is 9.76. The van der Waals surface area contributed by atoms with Crippen molar-refractivity contribution in [3.05, 3.63) is 71.8 Å². The summed E-state index contributed by atoms with van der Waals surface area (Å²) in [7, 11) is 0. The molecule has 0 aliphatic carbocycles. The highest BCUT2D eigenvalue weighted by Gasteiger charge is 2.28. The van der Waals surface area contributed by atoms with E-state index >= 15 is 0 Å². The maximum absolute atomic E-state index is 11.6. The van der Waals surface area contributed by atoms with Gasteiger partial charge >= 0.3 is 5.97 Å². The number of esters is 1. The van der Waals surface area contributed by atoms with Gasteiger partial charge in [-0.15, -0.1) is 0 Å². The maximum Gasteiger partial charge on any atom is 0.307 e. The van der Waals surface area contributed by atoms with Crippen LogP contribution in [0.2, 0.25) is 0 Å². The first-order chi connectivity index (χ1) is 12.8. The van der Waals surface area contributed by atoms with Gasteiger partial charge in [0, 0.05) is 12.5 Å². The van der Waals surface area contributed by atoms with E-state index in [1.807, 2.05) is 6.92 Å². The fourth-order valence-electron chi connectivity index (χ4n) is 4.05. The van der Waals surface area contributed by atoms with E-state index in [4.69, 9.17) is 4.74 Å². The average molecular weight is 351 g/mol. The van der Waals surface area contributed by atoms with Crippen LogP contribution < -0.4 is 0 Å². The first kappa shape index (κ1) is 18.7. The third-order valence-corrected chi connectivity index (χ3v) is 5.36. The van der Waals surface area contributed by atoms with Crippen LogP contribution in [-0.4, -0.2) is 37.1 Å². The molecule has 138 valence electrons. The zero-order chi connectivity index (χ0) is 18.2. The van der Waals surface area contributed by atoms with Crippen LogP contribution in [0.15, 0.2) is 60.7 Å². The zero-order valence-corrected chi connectivity index (χ0v) is 15.6. The Morgan fingerprint density at radius 3 is 2.04 bits per heavy atom. The van der Waals surface area contributed by atoms with E-state index in [0.717, 1.165) is 32.5 Å². The summed E-state index contributed by atoms with van der Waals surface area (Å²) in [4.78, 5) is 14.0. The molecule has 2 aromatic carbocycles. The van der Waals surface area contributed by atoms with Crippen LogP contribution in [0.3, 0.4) is 0 Å². The summed E-state index contributed by atoms with van der Waals surface area (Å²) in [6, 6.07) is 21.7. The van der Waals surface area contributed by atoms with E-state index in [9.17, 15) is 4.79 Å². The SMILES string of the molecule is CCOC(=O)CCN1CCC(C(c2ccccc2)c2ccccc2)CC1. The normalized spacial score (nSPS) is 15.9. The van der Waals surface area contributed by atoms with E-state index in [1.165, 1.54) is 11.1 Å². The topological polar surface area (TPSA) is 29.5 Å². The third-order valence-electron chi connectivity index (χ3n) is 5.36. The molecule has 0 saturated carbocycles. The fraction of sp³-hybridized carbons (Fsp3) is 0.435. The minimum Gasteiger partial charge on any atom is -0.466 e. The number of nitrogens with zero attached hydrogens (tertiary/aromatic N) is 1. The minimum atomic E-state index is -0.0823. The monoisotopic (exact) mass is 351 g/mol. The Morgan fingerprint density at radius 1 is 1.00 bits per heavy atom. The number of hydrogen-bond donors (Lipinski definition) is 0. The van der Waals surface area contributed by atoms with Crippen molar-refractivity contribution in [3.8, 4) is 0 Å². The number of benzene rings is 2. The van der Waals surface area contributed by atoms with Crippen LogP contribution in [0, 0.1) is 5.92 Å². The third kappa shape index (κ3) is 4.95. The molecule has 1 saturated heterocycles. The molecule has 2 aromatic rings. The summed E-state index contributed by atoms with van der Waals surface area (Å²) in [6.07, 6.45) is 2.83. The molecule has 1 aliphatic rings. The number of hydrogen-bond acceptors (Lipinski definition) is 3. The van der Waals surface area contributed by atoms with Crippen LogP contribution in [0.4, 0.5) is 0 Å². The molecule has 0 radical (unpaired) electrons. The van der Waals surface area contributed by atoms with Crippen molar-refractivity contribution in [1.82, 2.24) is 4.90 Å². The van der Waals surface area contributed by atoms with Gasteiger partial charge in [0.15, 0.2) is 0 Å². The quantitative estimate of drug-likeness (QED) is 0.689. The van der Waals surface area contributed by atoms with Crippen LogP contribution >= 0.6 is 0 Å². The Morgan fingerprint density at radius 2 is 1.54 bits per heavy atom. The van der Waals surface area contributed by atoms with Crippen LogP contribution in [0.25, 0.3) is 0 Å². The Bertz CT molecular complexity index is 624. The molecule has 0 atom stereocenters. The smallest absolute Gasteiger partial charge is 0.307 e. The summed E-state index contributed by atoms with van der Waals surface area (Å²) >= 11 is 0. The van der Waals surface area contributed by atoms with Crippen molar-refractivity contribution >= 4 is 5.97 Å². The van der Waals surface area contributed by atoms with Gasteiger partial charge in [0.1, 0.15) is 0 Å². The Kier molecular flexibility index (Phi) is 6.84. The Labute approximate surface area is 157 Å². The molecule has 3 rings (SSSR count). The summed E-state index contributed by atoms with van der Waals surface area (Å²) in [6.45, 7) is 5.25. The fourth-order valence-corrected chi connectivity index (χ4v) is 4.05. The lowest BCUT2D eigenvalue weighted by molar-refractivity contribution is -0.143. The van der Waals surface area contributed by atoms with Crippen LogP contribution in [0.1, 0.15) is 43.2 Å². The second-order valence-electron chi connectivity index (χ2n) is 7.03. The molecule has 0 aromatic heterocycles. The molecule has 3 heteroatoms. The Hall–Kier alpha value is -2.13. The molecule has 1 aliphatic heterocycles. The molecule has 0 bridgehead atoms. The molecule has 0 unspecified atom stereocenters. The van der Waals surface area contributed by atoms with E-state index < -0.39 is 0 Å². The maximum atomic E-state index is 11.6. The predicted molar refractivity (Wildman–Crippen MR) is 105 cm³/mol. The molecule has 1 heterocycles. The molecule has 26 heavy (non-hydrogen) atoms. The summed E-state index contributed by atoms with van der Waals surface area (Å²) in [5, 5.41) is 0. The van der Waals surface area contributed by atoms with E-state index in [1.54, 1.807) is 0 Å². The molecule has 3 nitrogen and oxygen atoms in total. The van der Waals surface area contributed by atoms with Crippen LogP contribution in [-0.2, 0) is 9.53 Å². The van der Waals surface area contributed by atoms with E-state index in [2.05, 4.69) is 65.6 Å². The van der Waals surface area contributed by atoms with Crippen molar-refractivity contribution in [2.24, 2.45) is 5.92 Å². The predicted octanol–water partition coefficient (Wildman–Crippen LogP) is 4.48. The van der Waals surface area contributed by atoms with Crippen molar-refractivity contribution in [1.29, 1.82) is 0 Å². The number of rotatable bonds is 7. The summed E-state index contributed by atoms with van der Waals surface area (Å²) in [5.74, 6) is 1.00. The first-order valence-corrected chi connectivity index (χ1v) is 9.75. The summed E-state index contributed by atoms with van der Waals surface area (Å²) in [5.41, 5.74) is 2.81. The van der Waals surface area contributed by atoms with Gasteiger partial charge in [-0.3, -0.25) is 4.79 Å². The molecule has 0 spiro atoms. The van der Waals surface area contributed by atoms with Gasteiger partial charge < -0.3 is 9.64 Å².